The van der Waals surface area contributed by atoms with Crippen molar-refractivity contribution in [1.82, 2.24) is 10.2 Å². The van der Waals surface area contributed by atoms with Gasteiger partial charge in [0.25, 0.3) is 10.0 Å². The van der Waals surface area contributed by atoms with Gasteiger partial charge < -0.3 is 19.7 Å². The number of nitrogens with zero attached hydrogens (tertiary/aromatic N) is 2. The van der Waals surface area contributed by atoms with Crippen LogP contribution in [0.25, 0.3) is 0 Å². The average Bonchev–Trinajstić information content (AvgIpc) is 3.10. The van der Waals surface area contributed by atoms with Crippen LogP contribution in [0.4, 0.5) is 10.1 Å². The van der Waals surface area contributed by atoms with Gasteiger partial charge in [-0.05, 0) is 73.0 Å². The minimum atomic E-state index is -4.41. The van der Waals surface area contributed by atoms with E-state index in [4.69, 9.17) is 9.47 Å². The van der Waals surface area contributed by atoms with E-state index in [0.29, 0.717) is 18.8 Å². The molecule has 0 spiro atoms. The topological polar surface area (TPSA) is 105 Å². The standard InChI is InChI=1S/C36H37BrFN3O6S/c1-3-25(2)39-36(43)32(21-26-7-5-4-6-8-26)40(23-27-9-11-28(37)12-10-27)35(42)24-41(30-15-13-29(38)14-16-30)48(44,45)31-17-18-33-34(22-31)47-20-19-46-33/h4-18,22,25,32H,3,19-21,23-24H2,1-2H3,(H,39,43)/t25-,32+/m1/s1. The highest BCUT2D eigenvalue weighted by atomic mass is 79.9. The fraction of sp³-hybridized carbons (Fsp3) is 0.278. The Morgan fingerprint density at radius 3 is 2.23 bits per heavy atom. The Hall–Kier alpha value is -4.42. The third-order valence-electron chi connectivity index (χ3n) is 8.03. The third kappa shape index (κ3) is 8.53. The second-order valence-corrected chi connectivity index (χ2v) is 14.2. The maximum Gasteiger partial charge on any atom is 0.264 e. The quantitative estimate of drug-likeness (QED) is 0.178. The van der Waals surface area contributed by atoms with Crippen LogP contribution < -0.4 is 19.1 Å². The van der Waals surface area contributed by atoms with Crippen LogP contribution in [0.2, 0.25) is 0 Å². The summed E-state index contributed by atoms with van der Waals surface area (Å²) in [5, 5.41) is 3.02. The molecule has 4 aromatic rings. The van der Waals surface area contributed by atoms with E-state index in [1.807, 2.05) is 68.4 Å². The van der Waals surface area contributed by atoms with Crippen molar-refractivity contribution in [2.24, 2.45) is 0 Å². The number of benzene rings is 4. The number of sulfonamides is 1. The molecular weight excluding hydrogens is 701 g/mol. The molecule has 9 nitrogen and oxygen atoms in total. The Bertz CT molecular complexity index is 1830. The van der Waals surface area contributed by atoms with Crippen molar-refractivity contribution < 1.29 is 31.9 Å². The number of rotatable bonds is 13. The Balaban J connectivity index is 1.57. The molecule has 2 amide bonds. The molecule has 0 radical (unpaired) electrons. The number of amides is 2. The molecule has 12 heteroatoms. The van der Waals surface area contributed by atoms with Gasteiger partial charge in [-0.25, -0.2) is 12.8 Å². The summed E-state index contributed by atoms with van der Waals surface area (Å²) in [5.41, 5.74) is 1.64. The average molecular weight is 739 g/mol. The highest BCUT2D eigenvalue weighted by molar-refractivity contribution is 9.10. The largest absolute Gasteiger partial charge is 0.486 e. The molecule has 4 aromatic carbocycles. The van der Waals surface area contributed by atoms with Crippen molar-refractivity contribution in [1.29, 1.82) is 0 Å². The number of carbonyl (C=O) groups is 2. The lowest BCUT2D eigenvalue weighted by atomic mass is 10.0. The Morgan fingerprint density at radius 1 is 0.896 bits per heavy atom. The summed E-state index contributed by atoms with van der Waals surface area (Å²) in [6.07, 6.45) is 0.868. The van der Waals surface area contributed by atoms with Crippen LogP contribution in [0.1, 0.15) is 31.4 Å². The smallest absolute Gasteiger partial charge is 0.264 e. The second kappa shape index (κ2) is 15.7. The van der Waals surface area contributed by atoms with Gasteiger partial charge in [-0.2, -0.15) is 0 Å². The monoisotopic (exact) mass is 737 g/mol. The van der Waals surface area contributed by atoms with Gasteiger partial charge in [-0.15, -0.1) is 0 Å². The zero-order chi connectivity index (χ0) is 34.3. The minimum absolute atomic E-state index is 0.0267. The van der Waals surface area contributed by atoms with Gasteiger partial charge in [-0.1, -0.05) is 65.3 Å². The predicted octanol–water partition coefficient (Wildman–Crippen LogP) is 6.11. The maximum atomic E-state index is 14.6. The molecule has 1 aliphatic heterocycles. The number of halogens is 2. The summed E-state index contributed by atoms with van der Waals surface area (Å²) >= 11 is 3.44. The first-order valence-electron chi connectivity index (χ1n) is 15.6. The summed E-state index contributed by atoms with van der Waals surface area (Å²) in [7, 11) is -4.41. The van der Waals surface area contributed by atoms with Gasteiger partial charge in [0.15, 0.2) is 11.5 Å². The lowest BCUT2D eigenvalue weighted by molar-refractivity contribution is -0.140. The number of ether oxygens (including phenoxy) is 2. The van der Waals surface area contributed by atoms with Gasteiger partial charge in [0.2, 0.25) is 11.8 Å². The van der Waals surface area contributed by atoms with E-state index in [1.165, 1.54) is 35.2 Å². The molecule has 1 aliphatic rings. The molecule has 5 rings (SSSR count). The Morgan fingerprint density at radius 2 is 1.56 bits per heavy atom. The first-order valence-corrected chi connectivity index (χ1v) is 17.8. The van der Waals surface area contributed by atoms with E-state index in [9.17, 15) is 22.4 Å². The van der Waals surface area contributed by atoms with Gasteiger partial charge in [-0.3, -0.25) is 13.9 Å². The van der Waals surface area contributed by atoms with Crippen LogP contribution in [0.5, 0.6) is 11.5 Å². The molecule has 0 unspecified atom stereocenters. The molecule has 0 aliphatic carbocycles. The fourth-order valence-electron chi connectivity index (χ4n) is 5.23. The summed E-state index contributed by atoms with van der Waals surface area (Å²) in [5.74, 6) is -0.885. The zero-order valence-corrected chi connectivity index (χ0v) is 29.0. The molecule has 0 fully saturated rings. The lowest BCUT2D eigenvalue weighted by Gasteiger charge is -2.34. The highest BCUT2D eigenvalue weighted by Crippen LogP contribution is 2.34. The summed E-state index contributed by atoms with van der Waals surface area (Å²) in [6, 6.07) is 24.6. The molecule has 0 aromatic heterocycles. The Kier molecular flexibility index (Phi) is 11.4. The summed E-state index contributed by atoms with van der Waals surface area (Å²) < 4.78 is 55.6. The number of anilines is 1. The molecule has 0 bridgehead atoms. The number of carbonyl (C=O) groups excluding carboxylic acids is 2. The molecule has 0 saturated carbocycles. The molecule has 0 saturated heterocycles. The van der Waals surface area contributed by atoms with Gasteiger partial charge in [0.1, 0.15) is 31.6 Å². The maximum absolute atomic E-state index is 14.6. The lowest BCUT2D eigenvalue weighted by Crippen LogP contribution is -2.54. The molecule has 1 N–H and O–H groups in total. The van der Waals surface area contributed by atoms with Crippen molar-refractivity contribution in [3.63, 3.8) is 0 Å². The van der Waals surface area contributed by atoms with Crippen LogP contribution in [0.3, 0.4) is 0 Å². The minimum Gasteiger partial charge on any atom is -0.486 e. The van der Waals surface area contributed by atoms with Crippen LogP contribution in [-0.4, -0.2) is 57.0 Å². The van der Waals surface area contributed by atoms with Gasteiger partial charge in [0.05, 0.1) is 10.6 Å². The summed E-state index contributed by atoms with van der Waals surface area (Å²) in [6.45, 7) is 3.78. The van der Waals surface area contributed by atoms with Crippen molar-refractivity contribution in [3.05, 3.63) is 118 Å². The van der Waals surface area contributed by atoms with E-state index in [0.717, 1.165) is 32.0 Å². The third-order valence-corrected chi connectivity index (χ3v) is 10.3. The van der Waals surface area contributed by atoms with Crippen LogP contribution in [-0.2, 0) is 32.6 Å². The number of nitrogens with one attached hydrogen (secondary N) is 1. The molecule has 1 heterocycles. The van der Waals surface area contributed by atoms with E-state index >= 15 is 0 Å². The predicted molar refractivity (Wildman–Crippen MR) is 185 cm³/mol. The van der Waals surface area contributed by atoms with E-state index in [2.05, 4.69) is 21.2 Å². The summed E-state index contributed by atoms with van der Waals surface area (Å²) in [4.78, 5) is 29.8. The normalized spacial score (nSPS) is 13.7. The van der Waals surface area contributed by atoms with Crippen LogP contribution in [0, 0.1) is 5.82 Å². The van der Waals surface area contributed by atoms with Crippen molar-refractivity contribution >= 4 is 43.5 Å². The van der Waals surface area contributed by atoms with Gasteiger partial charge >= 0.3 is 0 Å². The van der Waals surface area contributed by atoms with E-state index < -0.39 is 34.3 Å². The highest BCUT2D eigenvalue weighted by Gasteiger charge is 2.35. The first kappa shape index (κ1) is 34.9. The zero-order valence-electron chi connectivity index (χ0n) is 26.6. The number of hydrogen-bond donors (Lipinski definition) is 1. The second-order valence-electron chi connectivity index (χ2n) is 11.5. The molecular formula is C36H37BrFN3O6S. The van der Waals surface area contributed by atoms with Crippen molar-refractivity contribution in [2.45, 2.75) is 50.2 Å². The molecule has 252 valence electrons. The van der Waals surface area contributed by atoms with E-state index in [-0.39, 0.29) is 47.9 Å². The Labute approximate surface area is 288 Å². The molecule has 2 atom stereocenters. The van der Waals surface area contributed by atoms with Crippen LogP contribution in [0.15, 0.2) is 106 Å². The first-order chi connectivity index (χ1) is 23.0. The van der Waals surface area contributed by atoms with Crippen molar-refractivity contribution in [3.8, 4) is 11.5 Å². The van der Waals surface area contributed by atoms with Crippen LogP contribution >= 0.6 is 15.9 Å². The van der Waals surface area contributed by atoms with Crippen molar-refractivity contribution in [2.75, 3.05) is 24.1 Å². The SMILES string of the molecule is CC[C@@H](C)NC(=O)[C@H](Cc1ccccc1)N(Cc1ccc(Br)cc1)C(=O)CN(c1ccc(F)cc1)S(=O)(=O)c1ccc2c(c1)OCCO2. The number of hydrogen-bond acceptors (Lipinski definition) is 6. The number of fused-ring (bicyclic) bond motifs is 1. The molecule has 48 heavy (non-hydrogen) atoms. The fourth-order valence-corrected chi connectivity index (χ4v) is 6.92. The van der Waals surface area contributed by atoms with Gasteiger partial charge in [0, 0.05) is 29.5 Å². The van der Waals surface area contributed by atoms with E-state index in [1.54, 1.807) is 0 Å².